The van der Waals surface area contributed by atoms with Crippen molar-refractivity contribution in [1.29, 1.82) is 0 Å². The van der Waals surface area contributed by atoms with Crippen LogP contribution in [0.5, 0.6) is 5.75 Å². The van der Waals surface area contributed by atoms with E-state index in [1.165, 1.54) is 6.42 Å². The molecule has 0 bridgehead atoms. The summed E-state index contributed by atoms with van der Waals surface area (Å²) in [5, 5.41) is 4.67. The third kappa shape index (κ3) is 2.47. The average molecular weight is 288 g/mol. The van der Waals surface area contributed by atoms with Crippen LogP contribution in [-0.4, -0.2) is 14.2 Å². The van der Waals surface area contributed by atoms with Crippen molar-refractivity contribution < 1.29 is 4.74 Å². The van der Waals surface area contributed by atoms with Crippen molar-refractivity contribution in [3.63, 3.8) is 0 Å². The van der Waals surface area contributed by atoms with Crippen molar-refractivity contribution in [1.82, 2.24) is 5.32 Å². The van der Waals surface area contributed by atoms with Crippen LogP contribution in [-0.2, 0) is 0 Å². The Morgan fingerprint density at radius 3 is 2.39 bits per heavy atom. The number of methoxy groups -OCH3 is 1. The van der Waals surface area contributed by atoms with E-state index in [0.29, 0.717) is 27.1 Å². The van der Waals surface area contributed by atoms with Gasteiger partial charge in [-0.25, -0.2) is 0 Å². The van der Waals surface area contributed by atoms with Crippen LogP contribution < -0.4 is 10.1 Å². The van der Waals surface area contributed by atoms with E-state index in [4.69, 9.17) is 27.9 Å². The van der Waals surface area contributed by atoms with Gasteiger partial charge in [-0.2, -0.15) is 0 Å². The van der Waals surface area contributed by atoms with Gasteiger partial charge < -0.3 is 10.1 Å². The fourth-order valence-electron chi connectivity index (χ4n) is 2.59. The molecular formula is C14H19Cl2NO. The van der Waals surface area contributed by atoms with Crippen molar-refractivity contribution in [2.45, 2.75) is 26.3 Å². The Balaban J connectivity index is 2.35. The van der Waals surface area contributed by atoms with Crippen molar-refractivity contribution in [2.75, 3.05) is 14.2 Å². The highest BCUT2D eigenvalue weighted by Gasteiger charge is 2.50. The van der Waals surface area contributed by atoms with Crippen LogP contribution in [0.25, 0.3) is 0 Å². The van der Waals surface area contributed by atoms with E-state index in [2.05, 4.69) is 19.2 Å². The Morgan fingerprint density at radius 1 is 1.33 bits per heavy atom. The summed E-state index contributed by atoms with van der Waals surface area (Å²) in [7, 11) is 3.56. The number of ether oxygens (including phenoxy) is 1. The topological polar surface area (TPSA) is 21.3 Å². The molecule has 1 fully saturated rings. The predicted octanol–water partition coefficient (Wildman–Crippen LogP) is 4.31. The van der Waals surface area contributed by atoms with E-state index in [9.17, 15) is 0 Å². The Hall–Kier alpha value is -0.440. The summed E-state index contributed by atoms with van der Waals surface area (Å²) in [5.41, 5.74) is 1.43. The van der Waals surface area contributed by atoms with Crippen molar-refractivity contribution in [3.8, 4) is 5.75 Å². The molecule has 1 aliphatic carbocycles. The minimum Gasteiger partial charge on any atom is -0.495 e. The molecule has 4 heteroatoms. The van der Waals surface area contributed by atoms with Crippen molar-refractivity contribution in [3.05, 3.63) is 27.7 Å². The molecule has 1 aromatic rings. The van der Waals surface area contributed by atoms with Crippen LogP contribution in [0.3, 0.4) is 0 Å². The van der Waals surface area contributed by atoms with Gasteiger partial charge in [0.1, 0.15) is 5.75 Å². The smallest absolute Gasteiger partial charge is 0.138 e. The molecule has 0 aliphatic heterocycles. The van der Waals surface area contributed by atoms with E-state index in [-0.39, 0.29) is 6.04 Å². The third-order valence-electron chi connectivity index (χ3n) is 3.91. The second kappa shape index (κ2) is 4.92. The molecule has 0 heterocycles. The maximum absolute atomic E-state index is 6.34. The van der Waals surface area contributed by atoms with Gasteiger partial charge in [0.15, 0.2) is 0 Å². The van der Waals surface area contributed by atoms with Crippen molar-refractivity contribution >= 4 is 23.2 Å². The number of benzene rings is 1. The van der Waals surface area contributed by atoms with Gasteiger partial charge in [0.05, 0.1) is 12.1 Å². The molecule has 2 unspecified atom stereocenters. The summed E-state index contributed by atoms with van der Waals surface area (Å²) < 4.78 is 5.17. The first-order valence-electron chi connectivity index (χ1n) is 6.11. The van der Waals surface area contributed by atoms with Gasteiger partial charge in [-0.3, -0.25) is 0 Å². The van der Waals surface area contributed by atoms with Crippen LogP contribution >= 0.6 is 23.2 Å². The molecule has 2 nitrogen and oxygen atoms in total. The summed E-state index contributed by atoms with van der Waals surface area (Å²) in [6.45, 7) is 4.56. The molecule has 2 atom stereocenters. The van der Waals surface area contributed by atoms with E-state index in [1.807, 2.05) is 13.1 Å². The Bertz CT molecular complexity index is 459. The lowest BCUT2D eigenvalue weighted by molar-refractivity contribution is 0.413. The number of halogens is 2. The fraction of sp³-hybridized carbons (Fsp3) is 0.571. The van der Waals surface area contributed by atoms with Gasteiger partial charge in [0.2, 0.25) is 0 Å². The minimum atomic E-state index is 0.246. The second-order valence-corrected chi connectivity index (χ2v) is 6.39. The zero-order valence-electron chi connectivity index (χ0n) is 11.2. The molecule has 2 rings (SSSR count). The molecule has 0 radical (unpaired) electrons. The van der Waals surface area contributed by atoms with E-state index < -0.39 is 0 Å². The minimum absolute atomic E-state index is 0.246. The highest BCUT2D eigenvalue weighted by Crippen LogP contribution is 2.58. The van der Waals surface area contributed by atoms with Gasteiger partial charge in [0, 0.05) is 17.1 Å². The zero-order chi connectivity index (χ0) is 13.5. The average Bonchev–Trinajstić information content (AvgIpc) is 2.93. The summed E-state index contributed by atoms with van der Waals surface area (Å²) in [6.07, 6.45) is 1.21. The molecule has 100 valence electrons. The Kier molecular flexibility index (Phi) is 3.82. The number of hydrogen-bond acceptors (Lipinski definition) is 2. The molecule has 0 amide bonds. The lowest BCUT2D eigenvalue weighted by Gasteiger charge is -2.21. The monoisotopic (exact) mass is 287 g/mol. The summed E-state index contributed by atoms with van der Waals surface area (Å²) >= 11 is 12.5. The van der Waals surface area contributed by atoms with Crippen molar-refractivity contribution in [2.24, 2.45) is 11.3 Å². The first-order valence-corrected chi connectivity index (χ1v) is 6.86. The third-order valence-corrected chi connectivity index (χ3v) is 4.53. The van der Waals surface area contributed by atoms with Crippen LogP contribution in [0, 0.1) is 11.3 Å². The SMILES string of the molecule is CNC(c1cc(Cl)c(OC)cc1Cl)C1CC1(C)C. The zero-order valence-corrected chi connectivity index (χ0v) is 12.7. The van der Waals surface area contributed by atoms with E-state index in [1.54, 1.807) is 13.2 Å². The molecule has 0 saturated heterocycles. The van der Waals surface area contributed by atoms with E-state index in [0.717, 1.165) is 5.56 Å². The van der Waals surface area contributed by atoms with Gasteiger partial charge in [-0.1, -0.05) is 37.0 Å². The largest absolute Gasteiger partial charge is 0.495 e. The number of rotatable bonds is 4. The molecule has 1 aromatic carbocycles. The maximum atomic E-state index is 6.34. The number of hydrogen-bond donors (Lipinski definition) is 1. The molecule has 0 aromatic heterocycles. The van der Waals surface area contributed by atoms with Gasteiger partial charge in [-0.05, 0) is 36.4 Å². The maximum Gasteiger partial charge on any atom is 0.138 e. The number of nitrogens with one attached hydrogen (secondary N) is 1. The summed E-state index contributed by atoms with van der Waals surface area (Å²) in [4.78, 5) is 0. The second-order valence-electron chi connectivity index (χ2n) is 5.57. The Morgan fingerprint density at radius 2 is 1.94 bits per heavy atom. The highest BCUT2D eigenvalue weighted by molar-refractivity contribution is 6.34. The van der Waals surface area contributed by atoms with Gasteiger partial charge in [0.25, 0.3) is 0 Å². The van der Waals surface area contributed by atoms with E-state index >= 15 is 0 Å². The van der Waals surface area contributed by atoms with Crippen LogP contribution in [0.1, 0.15) is 31.9 Å². The summed E-state index contributed by atoms with van der Waals surface area (Å²) in [5.74, 6) is 1.22. The fourth-order valence-corrected chi connectivity index (χ4v) is 3.11. The molecule has 1 saturated carbocycles. The van der Waals surface area contributed by atoms with Crippen LogP contribution in [0.15, 0.2) is 12.1 Å². The molecular weight excluding hydrogens is 269 g/mol. The van der Waals surface area contributed by atoms with Crippen LogP contribution in [0.4, 0.5) is 0 Å². The highest BCUT2D eigenvalue weighted by atomic mass is 35.5. The predicted molar refractivity (Wildman–Crippen MR) is 76.7 cm³/mol. The standard InChI is InChI=1S/C14H19Cl2NO/c1-14(2)7-9(14)13(17-3)8-5-11(16)12(18-4)6-10(8)15/h5-6,9,13,17H,7H2,1-4H3. The molecule has 0 spiro atoms. The molecule has 1 aliphatic rings. The first kappa shape index (κ1) is 14.0. The Labute approximate surface area is 119 Å². The molecule has 1 N–H and O–H groups in total. The quantitative estimate of drug-likeness (QED) is 0.891. The lowest BCUT2D eigenvalue weighted by atomic mass is 9.97. The van der Waals surface area contributed by atoms with Gasteiger partial charge >= 0.3 is 0 Å². The lowest BCUT2D eigenvalue weighted by Crippen LogP contribution is -2.21. The molecule has 18 heavy (non-hydrogen) atoms. The van der Waals surface area contributed by atoms with Gasteiger partial charge in [-0.15, -0.1) is 0 Å². The van der Waals surface area contributed by atoms with Crippen LogP contribution in [0.2, 0.25) is 10.0 Å². The normalized spacial score (nSPS) is 22.7. The first-order chi connectivity index (χ1) is 8.40. The summed E-state index contributed by atoms with van der Waals surface area (Å²) in [6, 6.07) is 3.95.